The fourth-order valence-corrected chi connectivity index (χ4v) is 3.97. The molecule has 6 nitrogen and oxygen atoms in total. The second-order valence-electron chi connectivity index (χ2n) is 7.07. The zero-order valence-electron chi connectivity index (χ0n) is 17.7. The molecule has 174 valence electrons. The normalized spacial score (nSPS) is 10.9. The van der Waals surface area contributed by atoms with Crippen molar-refractivity contribution >= 4 is 23.4 Å². The number of alkyl halides is 2. The van der Waals surface area contributed by atoms with Gasteiger partial charge in [-0.15, -0.1) is 10.2 Å². The summed E-state index contributed by atoms with van der Waals surface area (Å²) in [6, 6.07) is 21.7. The van der Waals surface area contributed by atoms with E-state index in [0.717, 1.165) is 17.3 Å². The van der Waals surface area contributed by atoms with Crippen LogP contribution in [0.15, 0.2) is 84.0 Å². The van der Waals surface area contributed by atoms with Gasteiger partial charge in [0.05, 0.1) is 23.5 Å². The predicted octanol–water partition coefficient (Wildman–Crippen LogP) is 5.46. The average molecular weight is 485 g/mol. The van der Waals surface area contributed by atoms with Crippen LogP contribution in [0.3, 0.4) is 0 Å². The van der Waals surface area contributed by atoms with E-state index in [-0.39, 0.29) is 17.2 Å². The van der Waals surface area contributed by atoms with Crippen molar-refractivity contribution < 1.29 is 22.7 Å². The number of para-hydroxylation sites is 2. The maximum atomic E-state index is 14.5. The third kappa shape index (κ3) is 5.76. The molecule has 0 bridgehead atoms. The van der Waals surface area contributed by atoms with E-state index in [0.29, 0.717) is 23.1 Å². The van der Waals surface area contributed by atoms with Crippen LogP contribution in [0.2, 0.25) is 0 Å². The summed E-state index contributed by atoms with van der Waals surface area (Å²) in [6.45, 7) is -2.65. The smallest absolute Gasteiger partial charge is 0.387 e. The van der Waals surface area contributed by atoms with Crippen molar-refractivity contribution in [2.75, 3.05) is 11.1 Å². The summed E-state index contributed by atoms with van der Waals surface area (Å²) < 4.78 is 45.9. The van der Waals surface area contributed by atoms with Crippen LogP contribution >= 0.6 is 11.8 Å². The molecular formula is C24H19F3N4O2S. The van der Waals surface area contributed by atoms with Crippen LogP contribution < -0.4 is 10.1 Å². The van der Waals surface area contributed by atoms with Crippen molar-refractivity contribution in [1.29, 1.82) is 0 Å². The number of hydrogen-bond donors (Lipinski definition) is 1. The minimum atomic E-state index is -3.01. The fraction of sp³-hybridized carbons (Fsp3) is 0.125. The van der Waals surface area contributed by atoms with Gasteiger partial charge >= 0.3 is 6.61 Å². The molecule has 1 N–H and O–H groups in total. The van der Waals surface area contributed by atoms with Crippen LogP contribution in [0.25, 0.3) is 11.4 Å². The van der Waals surface area contributed by atoms with E-state index >= 15 is 0 Å². The monoisotopic (exact) mass is 484 g/mol. The van der Waals surface area contributed by atoms with Crippen LogP contribution in [0.5, 0.6) is 5.75 Å². The number of benzene rings is 3. The molecule has 0 aliphatic carbocycles. The predicted molar refractivity (Wildman–Crippen MR) is 123 cm³/mol. The van der Waals surface area contributed by atoms with E-state index in [1.165, 1.54) is 24.3 Å². The first-order valence-electron chi connectivity index (χ1n) is 10.2. The number of anilines is 1. The molecule has 0 atom stereocenters. The third-order valence-corrected chi connectivity index (χ3v) is 5.69. The fourth-order valence-electron chi connectivity index (χ4n) is 3.23. The number of carbonyl (C=O) groups excluding carboxylic acids is 1. The average Bonchev–Trinajstić information content (AvgIpc) is 3.22. The summed E-state index contributed by atoms with van der Waals surface area (Å²) >= 11 is 1.10. The molecule has 0 aliphatic rings. The van der Waals surface area contributed by atoms with Crippen LogP contribution in [0, 0.1) is 5.82 Å². The number of thioether (sulfide) groups is 1. The number of amides is 1. The molecule has 0 aliphatic heterocycles. The summed E-state index contributed by atoms with van der Waals surface area (Å²) in [6.07, 6.45) is 0. The maximum Gasteiger partial charge on any atom is 0.387 e. The summed E-state index contributed by atoms with van der Waals surface area (Å²) in [5.41, 5.74) is 1.37. The molecule has 0 fully saturated rings. The Hall–Kier alpha value is -3.79. The minimum absolute atomic E-state index is 0.0762. The number of rotatable bonds is 9. The first kappa shape index (κ1) is 23.4. The SMILES string of the molecule is O=C(CSc1nnc(-c2ccccc2F)n1Cc1ccccc1)Nc1ccccc1OC(F)F. The van der Waals surface area contributed by atoms with Crippen LogP contribution in [0.4, 0.5) is 18.9 Å². The lowest BCUT2D eigenvalue weighted by molar-refractivity contribution is -0.113. The first-order valence-corrected chi connectivity index (χ1v) is 11.2. The van der Waals surface area contributed by atoms with Gasteiger partial charge in [0.25, 0.3) is 0 Å². The highest BCUT2D eigenvalue weighted by molar-refractivity contribution is 7.99. The van der Waals surface area contributed by atoms with Gasteiger partial charge in [0.15, 0.2) is 11.0 Å². The summed E-state index contributed by atoms with van der Waals surface area (Å²) in [5.74, 6) is -0.760. The van der Waals surface area contributed by atoms with Crippen LogP contribution in [0.1, 0.15) is 5.56 Å². The van der Waals surface area contributed by atoms with Crippen molar-refractivity contribution in [3.05, 3.63) is 90.2 Å². The molecule has 3 aromatic carbocycles. The third-order valence-electron chi connectivity index (χ3n) is 4.72. The second-order valence-corrected chi connectivity index (χ2v) is 8.01. The van der Waals surface area contributed by atoms with E-state index in [2.05, 4.69) is 20.3 Å². The van der Waals surface area contributed by atoms with E-state index in [9.17, 15) is 18.0 Å². The van der Waals surface area contributed by atoms with Gasteiger partial charge in [-0.2, -0.15) is 8.78 Å². The molecule has 1 amide bonds. The van der Waals surface area contributed by atoms with E-state index in [1.54, 1.807) is 28.8 Å². The Morgan fingerprint density at radius 1 is 0.971 bits per heavy atom. The second kappa shape index (κ2) is 10.9. The lowest BCUT2D eigenvalue weighted by Gasteiger charge is -2.12. The Labute approximate surface area is 197 Å². The topological polar surface area (TPSA) is 69.0 Å². The summed E-state index contributed by atoms with van der Waals surface area (Å²) in [7, 11) is 0. The number of nitrogens with zero attached hydrogens (tertiary/aromatic N) is 3. The Bertz CT molecular complexity index is 1270. The zero-order chi connectivity index (χ0) is 23.9. The van der Waals surface area contributed by atoms with E-state index in [1.807, 2.05) is 30.3 Å². The quantitative estimate of drug-likeness (QED) is 0.319. The number of aromatic nitrogens is 3. The van der Waals surface area contributed by atoms with Gasteiger partial charge in [-0.3, -0.25) is 9.36 Å². The number of hydrogen-bond acceptors (Lipinski definition) is 5. The molecule has 0 unspecified atom stereocenters. The van der Waals surface area contributed by atoms with Crippen LogP contribution in [-0.2, 0) is 11.3 Å². The molecule has 10 heteroatoms. The van der Waals surface area contributed by atoms with Gasteiger partial charge in [-0.05, 0) is 29.8 Å². The minimum Gasteiger partial charge on any atom is -0.433 e. The van der Waals surface area contributed by atoms with Gasteiger partial charge in [-0.1, -0.05) is 66.4 Å². The molecule has 34 heavy (non-hydrogen) atoms. The standard InChI is InChI=1S/C24H19F3N4O2S/c25-18-11-5-4-10-17(18)22-29-30-24(31(22)14-16-8-2-1-3-9-16)34-15-21(32)28-19-12-6-7-13-20(19)33-23(26)27/h1-13,23H,14-15H2,(H,28,32). The molecule has 0 spiro atoms. The molecule has 4 rings (SSSR count). The molecule has 0 saturated carbocycles. The lowest BCUT2D eigenvalue weighted by Crippen LogP contribution is -2.16. The summed E-state index contributed by atoms with van der Waals surface area (Å²) in [5, 5.41) is 11.3. The molecule has 4 aromatic rings. The Balaban J connectivity index is 1.54. The van der Waals surface area contributed by atoms with Crippen molar-refractivity contribution in [2.45, 2.75) is 18.3 Å². The molecular weight excluding hydrogens is 465 g/mol. The molecule has 1 aromatic heterocycles. The lowest BCUT2D eigenvalue weighted by atomic mass is 10.2. The Morgan fingerprint density at radius 2 is 1.68 bits per heavy atom. The van der Waals surface area contributed by atoms with Crippen molar-refractivity contribution in [3.63, 3.8) is 0 Å². The number of ether oxygens (including phenoxy) is 1. The van der Waals surface area contributed by atoms with E-state index < -0.39 is 18.3 Å². The van der Waals surface area contributed by atoms with Crippen LogP contribution in [-0.4, -0.2) is 33.0 Å². The zero-order valence-corrected chi connectivity index (χ0v) is 18.5. The van der Waals surface area contributed by atoms with Crippen molar-refractivity contribution in [1.82, 2.24) is 14.8 Å². The highest BCUT2D eigenvalue weighted by Gasteiger charge is 2.19. The van der Waals surface area contributed by atoms with E-state index in [4.69, 9.17) is 0 Å². The highest BCUT2D eigenvalue weighted by atomic mass is 32.2. The van der Waals surface area contributed by atoms with Gasteiger partial charge in [-0.25, -0.2) is 4.39 Å². The number of halogens is 3. The summed E-state index contributed by atoms with van der Waals surface area (Å²) in [4.78, 5) is 12.5. The van der Waals surface area contributed by atoms with Gasteiger partial charge in [0.1, 0.15) is 11.6 Å². The Morgan fingerprint density at radius 3 is 2.44 bits per heavy atom. The largest absolute Gasteiger partial charge is 0.433 e. The van der Waals surface area contributed by atoms with Crippen molar-refractivity contribution in [3.8, 4) is 17.1 Å². The highest BCUT2D eigenvalue weighted by Crippen LogP contribution is 2.28. The first-order chi connectivity index (χ1) is 16.5. The molecule has 0 saturated heterocycles. The van der Waals surface area contributed by atoms with Gasteiger partial charge in [0.2, 0.25) is 5.91 Å². The van der Waals surface area contributed by atoms with Gasteiger partial charge < -0.3 is 10.1 Å². The maximum absolute atomic E-state index is 14.5. The molecule has 1 heterocycles. The Kier molecular flexibility index (Phi) is 7.48. The number of nitrogens with one attached hydrogen (secondary N) is 1. The molecule has 0 radical (unpaired) electrons. The number of carbonyl (C=O) groups is 1. The van der Waals surface area contributed by atoms with Gasteiger partial charge in [0, 0.05) is 0 Å². The van der Waals surface area contributed by atoms with Crippen molar-refractivity contribution in [2.24, 2.45) is 0 Å².